The highest BCUT2D eigenvalue weighted by atomic mass is 16.5. The molecule has 0 aliphatic carbocycles. The Kier molecular flexibility index (Phi) is 6.12. The molecule has 1 unspecified atom stereocenters. The van der Waals surface area contributed by atoms with Crippen LogP contribution in [0.25, 0.3) is 0 Å². The van der Waals surface area contributed by atoms with Crippen LogP contribution < -0.4 is 10.6 Å². The lowest BCUT2D eigenvalue weighted by Gasteiger charge is -2.27. The molecule has 1 rings (SSSR count). The summed E-state index contributed by atoms with van der Waals surface area (Å²) < 4.78 is 5.14. The Labute approximate surface area is 116 Å². The van der Waals surface area contributed by atoms with Crippen LogP contribution in [-0.2, 0) is 4.74 Å². The molecule has 0 aliphatic heterocycles. The number of nitrogens with zero attached hydrogens (tertiary/aromatic N) is 1. The van der Waals surface area contributed by atoms with Crippen molar-refractivity contribution in [3.8, 4) is 5.75 Å². The third kappa shape index (κ3) is 4.73. The van der Waals surface area contributed by atoms with Crippen LogP contribution in [-0.4, -0.2) is 31.9 Å². The topological polar surface area (TPSA) is 58.7 Å². The summed E-state index contributed by atoms with van der Waals surface area (Å²) in [7, 11) is 1.70. The highest BCUT2D eigenvalue weighted by Crippen LogP contribution is 2.28. The van der Waals surface area contributed by atoms with Gasteiger partial charge in [0.25, 0.3) is 0 Å². The molecule has 0 spiro atoms. The first-order valence-electron chi connectivity index (χ1n) is 6.78. The smallest absolute Gasteiger partial charge is 0.122 e. The van der Waals surface area contributed by atoms with Crippen LogP contribution in [0.1, 0.15) is 32.4 Å². The lowest BCUT2D eigenvalue weighted by Crippen LogP contribution is -2.30. The van der Waals surface area contributed by atoms with E-state index in [1.807, 2.05) is 19.1 Å². The fourth-order valence-corrected chi connectivity index (χ4v) is 2.08. The highest BCUT2D eigenvalue weighted by Gasteiger charge is 2.12. The van der Waals surface area contributed by atoms with Gasteiger partial charge < -0.3 is 20.5 Å². The van der Waals surface area contributed by atoms with Gasteiger partial charge in [0.2, 0.25) is 0 Å². The zero-order valence-corrected chi connectivity index (χ0v) is 12.4. The van der Waals surface area contributed by atoms with Crippen LogP contribution >= 0.6 is 0 Å². The Morgan fingerprint density at radius 1 is 1.32 bits per heavy atom. The van der Waals surface area contributed by atoms with Crippen molar-refractivity contribution >= 4 is 5.69 Å². The van der Waals surface area contributed by atoms with E-state index >= 15 is 0 Å². The molecule has 19 heavy (non-hydrogen) atoms. The van der Waals surface area contributed by atoms with E-state index in [-0.39, 0.29) is 11.8 Å². The van der Waals surface area contributed by atoms with E-state index in [0.717, 1.165) is 24.3 Å². The molecule has 0 heterocycles. The van der Waals surface area contributed by atoms with Gasteiger partial charge in [0.05, 0.1) is 6.61 Å². The second-order valence-electron chi connectivity index (χ2n) is 5.36. The largest absolute Gasteiger partial charge is 0.508 e. The molecule has 0 bridgehead atoms. The van der Waals surface area contributed by atoms with Crippen LogP contribution in [0.4, 0.5) is 5.69 Å². The minimum Gasteiger partial charge on any atom is -0.508 e. The molecule has 1 aromatic rings. The number of aromatic hydroxyl groups is 1. The summed E-state index contributed by atoms with van der Waals surface area (Å²) in [5.41, 5.74) is 7.59. The van der Waals surface area contributed by atoms with Gasteiger partial charge in [-0.05, 0) is 18.9 Å². The van der Waals surface area contributed by atoms with E-state index in [9.17, 15) is 5.11 Å². The minimum absolute atomic E-state index is 0.161. The zero-order chi connectivity index (χ0) is 14.4. The van der Waals surface area contributed by atoms with Gasteiger partial charge in [-0.25, -0.2) is 0 Å². The number of anilines is 1. The quantitative estimate of drug-likeness (QED) is 0.796. The highest BCUT2D eigenvalue weighted by molar-refractivity contribution is 5.54. The van der Waals surface area contributed by atoms with Crippen LogP contribution in [0, 0.1) is 5.92 Å². The predicted molar refractivity (Wildman–Crippen MR) is 79.6 cm³/mol. The summed E-state index contributed by atoms with van der Waals surface area (Å²) in [6.07, 6.45) is 0. The number of ether oxygens (including phenoxy) is 1. The molecule has 108 valence electrons. The summed E-state index contributed by atoms with van der Waals surface area (Å²) in [6, 6.07) is 5.54. The van der Waals surface area contributed by atoms with Crippen molar-refractivity contribution in [2.75, 3.05) is 31.7 Å². The summed E-state index contributed by atoms with van der Waals surface area (Å²) >= 11 is 0. The number of phenolic OH excluding ortho intramolecular Hbond substituents is 1. The zero-order valence-electron chi connectivity index (χ0n) is 12.4. The van der Waals surface area contributed by atoms with E-state index in [0.29, 0.717) is 12.5 Å². The second-order valence-corrected chi connectivity index (χ2v) is 5.36. The number of hydrogen-bond acceptors (Lipinski definition) is 4. The monoisotopic (exact) mass is 266 g/mol. The Morgan fingerprint density at radius 2 is 2.00 bits per heavy atom. The summed E-state index contributed by atoms with van der Waals surface area (Å²) in [5, 5.41) is 10.0. The summed E-state index contributed by atoms with van der Waals surface area (Å²) in [4.78, 5) is 2.22. The van der Waals surface area contributed by atoms with Crippen molar-refractivity contribution < 1.29 is 9.84 Å². The molecular weight excluding hydrogens is 240 g/mol. The van der Waals surface area contributed by atoms with Gasteiger partial charge in [-0.1, -0.05) is 19.9 Å². The number of benzene rings is 1. The Hall–Kier alpha value is -1.26. The first kappa shape index (κ1) is 15.8. The summed E-state index contributed by atoms with van der Waals surface area (Å²) in [6.45, 7) is 8.63. The van der Waals surface area contributed by atoms with Gasteiger partial charge in [0.1, 0.15) is 5.75 Å². The molecule has 4 nitrogen and oxygen atoms in total. The number of phenols is 1. The Balaban J connectivity index is 2.92. The number of hydrogen-bond donors (Lipinski definition) is 2. The number of rotatable bonds is 7. The second kappa shape index (κ2) is 7.36. The van der Waals surface area contributed by atoms with E-state index in [1.54, 1.807) is 13.2 Å². The molecule has 4 heteroatoms. The molecular formula is C15H26N2O2. The first-order chi connectivity index (χ1) is 8.95. The average Bonchev–Trinajstić information content (AvgIpc) is 2.33. The van der Waals surface area contributed by atoms with E-state index in [4.69, 9.17) is 10.5 Å². The maximum atomic E-state index is 10.0. The molecule has 0 aromatic heterocycles. The van der Waals surface area contributed by atoms with Crippen LogP contribution in [0.2, 0.25) is 0 Å². The number of nitrogens with two attached hydrogens (primary N) is 1. The van der Waals surface area contributed by atoms with Crippen molar-refractivity contribution in [2.45, 2.75) is 26.8 Å². The lowest BCUT2D eigenvalue weighted by molar-refractivity contribution is 0.204. The van der Waals surface area contributed by atoms with Gasteiger partial charge in [-0.15, -0.1) is 0 Å². The van der Waals surface area contributed by atoms with Crippen molar-refractivity contribution in [1.29, 1.82) is 0 Å². The lowest BCUT2D eigenvalue weighted by atomic mass is 10.1. The standard InChI is InChI=1S/C15H26N2O2/c1-11(2)10-17(7-8-19-4)13-5-6-14(12(3)16)15(18)9-13/h5-6,9,11-12,18H,7-8,10,16H2,1-4H3. The average molecular weight is 266 g/mol. The van der Waals surface area contributed by atoms with Crippen LogP contribution in [0.5, 0.6) is 5.75 Å². The molecule has 3 N–H and O–H groups in total. The van der Waals surface area contributed by atoms with E-state index in [1.165, 1.54) is 0 Å². The van der Waals surface area contributed by atoms with Crippen molar-refractivity contribution in [3.05, 3.63) is 23.8 Å². The molecule has 0 amide bonds. The minimum atomic E-state index is -0.161. The molecule has 0 fully saturated rings. The normalized spacial score (nSPS) is 12.7. The number of methoxy groups -OCH3 is 1. The SMILES string of the molecule is COCCN(CC(C)C)c1ccc(C(C)N)c(O)c1. The van der Waals surface area contributed by atoms with Crippen molar-refractivity contribution in [3.63, 3.8) is 0 Å². The van der Waals surface area contributed by atoms with E-state index < -0.39 is 0 Å². The first-order valence-corrected chi connectivity index (χ1v) is 6.78. The molecule has 0 radical (unpaired) electrons. The maximum Gasteiger partial charge on any atom is 0.122 e. The van der Waals surface area contributed by atoms with Gasteiger partial charge >= 0.3 is 0 Å². The molecule has 1 aromatic carbocycles. The molecule has 0 saturated carbocycles. The molecule has 1 atom stereocenters. The van der Waals surface area contributed by atoms with Gasteiger partial charge in [0, 0.05) is 43.6 Å². The van der Waals surface area contributed by atoms with Gasteiger partial charge in [-0.2, -0.15) is 0 Å². The Bertz CT molecular complexity index is 392. The maximum absolute atomic E-state index is 10.0. The Morgan fingerprint density at radius 3 is 2.47 bits per heavy atom. The van der Waals surface area contributed by atoms with Crippen LogP contribution in [0.15, 0.2) is 18.2 Å². The fourth-order valence-electron chi connectivity index (χ4n) is 2.08. The van der Waals surface area contributed by atoms with Gasteiger partial charge in [-0.3, -0.25) is 0 Å². The summed E-state index contributed by atoms with van der Waals surface area (Å²) in [5.74, 6) is 0.811. The van der Waals surface area contributed by atoms with Crippen molar-refractivity contribution in [1.82, 2.24) is 0 Å². The third-order valence-electron chi connectivity index (χ3n) is 3.02. The van der Waals surface area contributed by atoms with Crippen molar-refractivity contribution in [2.24, 2.45) is 11.7 Å². The van der Waals surface area contributed by atoms with Gasteiger partial charge in [0.15, 0.2) is 0 Å². The molecule has 0 saturated heterocycles. The van der Waals surface area contributed by atoms with Crippen LogP contribution in [0.3, 0.4) is 0 Å². The predicted octanol–water partition coefficient (Wildman–Crippen LogP) is 2.52. The fraction of sp³-hybridized carbons (Fsp3) is 0.600. The third-order valence-corrected chi connectivity index (χ3v) is 3.02. The van der Waals surface area contributed by atoms with E-state index in [2.05, 4.69) is 18.7 Å². The molecule has 0 aliphatic rings.